The molecule has 7 heteroatoms. The third kappa shape index (κ3) is 4.26. The highest BCUT2D eigenvalue weighted by molar-refractivity contribution is 6.31. The lowest BCUT2D eigenvalue weighted by molar-refractivity contribution is 0.0911. The molecular formula is C19H23ClN2O4. The number of hydrogen-bond donors (Lipinski definition) is 1. The number of aromatic nitrogens is 1. The summed E-state index contributed by atoms with van der Waals surface area (Å²) in [5.41, 5.74) is 7.88. The third-order valence-corrected chi connectivity index (χ3v) is 4.43. The van der Waals surface area contributed by atoms with Crippen LogP contribution in [0.2, 0.25) is 5.02 Å². The summed E-state index contributed by atoms with van der Waals surface area (Å²) in [5.74, 6) is -0.613. The molecule has 1 atom stereocenters. The van der Waals surface area contributed by atoms with Crippen LogP contribution >= 0.6 is 11.6 Å². The second-order valence-electron chi connectivity index (χ2n) is 6.18. The van der Waals surface area contributed by atoms with E-state index in [-0.39, 0.29) is 29.7 Å². The zero-order valence-electron chi connectivity index (χ0n) is 15.3. The summed E-state index contributed by atoms with van der Waals surface area (Å²) in [6.45, 7) is 6.21. The molecule has 0 unspecified atom stereocenters. The maximum Gasteiger partial charge on any atom is 0.252 e. The van der Waals surface area contributed by atoms with Gasteiger partial charge in [-0.15, -0.1) is 0 Å². The summed E-state index contributed by atoms with van der Waals surface area (Å²) in [5, 5.41) is 0.369. The molecule has 0 saturated heterocycles. The van der Waals surface area contributed by atoms with E-state index in [1.54, 1.807) is 13.2 Å². The highest BCUT2D eigenvalue weighted by atomic mass is 35.5. The van der Waals surface area contributed by atoms with Gasteiger partial charge in [-0.25, -0.2) is 0 Å². The first-order valence-electron chi connectivity index (χ1n) is 8.19. The van der Waals surface area contributed by atoms with Crippen LogP contribution in [0.3, 0.4) is 0 Å². The fraction of sp³-hybridized carbons (Fsp3) is 0.368. The largest absolute Gasteiger partial charge is 0.485 e. The highest BCUT2D eigenvalue weighted by Crippen LogP contribution is 2.24. The van der Waals surface area contributed by atoms with E-state index in [4.69, 9.17) is 26.8 Å². The number of primary amides is 1. The summed E-state index contributed by atoms with van der Waals surface area (Å²) in [6, 6.07) is 6.47. The molecule has 0 aliphatic heterocycles. The average molecular weight is 379 g/mol. The van der Waals surface area contributed by atoms with E-state index in [0.717, 1.165) is 11.4 Å². The van der Waals surface area contributed by atoms with Crippen LogP contribution < -0.4 is 10.5 Å². The predicted molar refractivity (Wildman–Crippen MR) is 100 cm³/mol. The first kappa shape index (κ1) is 20.0. The Morgan fingerprint density at radius 1 is 1.23 bits per heavy atom. The van der Waals surface area contributed by atoms with Gasteiger partial charge in [-0.3, -0.25) is 9.59 Å². The molecule has 0 radical (unpaired) electrons. The van der Waals surface area contributed by atoms with Gasteiger partial charge in [0.05, 0.1) is 18.2 Å². The summed E-state index contributed by atoms with van der Waals surface area (Å²) in [6.07, 6.45) is 0. The smallest absolute Gasteiger partial charge is 0.252 e. The van der Waals surface area contributed by atoms with E-state index in [2.05, 4.69) is 4.57 Å². The lowest BCUT2D eigenvalue weighted by Gasteiger charge is -2.17. The fourth-order valence-corrected chi connectivity index (χ4v) is 3.27. The lowest BCUT2D eigenvalue weighted by Crippen LogP contribution is -2.18. The van der Waals surface area contributed by atoms with Gasteiger partial charge < -0.3 is 19.8 Å². The number of halogens is 1. The van der Waals surface area contributed by atoms with Gasteiger partial charge in [-0.2, -0.15) is 0 Å². The normalized spacial score (nSPS) is 12.0. The molecule has 0 aliphatic rings. The van der Waals surface area contributed by atoms with Crippen molar-refractivity contribution in [1.29, 1.82) is 0 Å². The number of ketones is 1. The molecule has 0 aliphatic carbocycles. The Morgan fingerprint density at radius 3 is 2.54 bits per heavy atom. The zero-order valence-corrected chi connectivity index (χ0v) is 16.1. The minimum Gasteiger partial charge on any atom is -0.485 e. The van der Waals surface area contributed by atoms with Crippen molar-refractivity contribution < 1.29 is 19.1 Å². The van der Waals surface area contributed by atoms with Gasteiger partial charge in [-0.05, 0) is 45.0 Å². The topological polar surface area (TPSA) is 83.6 Å². The summed E-state index contributed by atoms with van der Waals surface area (Å²) in [7, 11) is 1.65. The maximum atomic E-state index is 12.6. The molecule has 1 aromatic heterocycles. The summed E-state index contributed by atoms with van der Waals surface area (Å²) >= 11 is 5.87. The molecule has 0 bridgehead atoms. The second kappa shape index (κ2) is 8.38. The number of nitrogens with two attached hydrogens (primary N) is 1. The van der Waals surface area contributed by atoms with E-state index < -0.39 is 5.91 Å². The maximum absolute atomic E-state index is 12.6. The van der Waals surface area contributed by atoms with Gasteiger partial charge in [-0.1, -0.05) is 11.6 Å². The van der Waals surface area contributed by atoms with Crippen molar-refractivity contribution in [3.8, 4) is 5.75 Å². The van der Waals surface area contributed by atoms with E-state index in [1.165, 1.54) is 12.1 Å². The molecule has 0 fully saturated rings. The van der Waals surface area contributed by atoms with Gasteiger partial charge in [0.25, 0.3) is 5.91 Å². The standard InChI is InChI=1S/C19H23ClN2O4/c1-11-7-15(13(3)22(11)12(2)9-25-4)17(23)10-26-18-6-5-14(20)8-16(18)19(21)24/h5-8,12H,9-10H2,1-4H3,(H2,21,24)/t12-/m1/s1. The van der Waals surface area contributed by atoms with E-state index in [9.17, 15) is 9.59 Å². The van der Waals surface area contributed by atoms with Gasteiger partial charge in [0, 0.05) is 29.1 Å². The second-order valence-corrected chi connectivity index (χ2v) is 6.61. The summed E-state index contributed by atoms with van der Waals surface area (Å²) in [4.78, 5) is 24.1. The number of carbonyl (C=O) groups excluding carboxylic acids is 2. The molecule has 26 heavy (non-hydrogen) atoms. The van der Waals surface area contributed by atoms with Crippen molar-refractivity contribution in [3.05, 3.63) is 51.8 Å². The quantitative estimate of drug-likeness (QED) is 0.714. The van der Waals surface area contributed by atoms with Crippen LogP contribution in [-0.4, -0.2) is 36.6 Å². The van der Waals surface area contributed by atoms with Crippen LogP contribution in [0, 0.1) is 13.8 Å². The molecule has 0 saturated carbocycles. The number of benzene rings is 1. The number of aryl methyl sites for hydroxylation is 1. The van der Waals surface area contributed by atoms with E-state index in [0.29, 0.717) is 17.2 Å². The van der Waals surface area contributed by atoms with Crippen molar-refractivity contribution in [2.24, 2.45) is 5.73 Å². The van der Waals surface area contributed by atoms with Gasteiger partial charge in [0.2, 0.25) is 5.78 Å². The van der Waals surface area contributed by atoms with E-state index >= 15 is 0 Å². The molecule has 2 N–H and O–H groups in total. The fourth-order valence-electron chi connectivity index (χ4n) is 3.10. The van der Waals surface area contributed by atoms with Gasteiger partial charge in [0.15, 0.2) is 6.61 Å². The van der Waals surface area contributed by atoms with Crippen LogP contribution in [0.4, 0.5) is 0 Å². The Labute approximate surface area is 157 Å². The number of hydrogen-bond acceptors (Lipinski definition) is 4. The Hall–Kier alpha value is -2.31. The first-order valence-corrected chi connectivity index (χ1v) is 8.56. The number of nitrogens with zero attached hydrogens (tertiary/aromatic N) is 1. The number of carbonyl (C=O) groups is 2. The molecular weight excluding hydrogens is 356 g/mol. The third-order valence-electron chi connectivity index (χ3n) is 4.20. The molecule has 6 nitrogen and oxygen atoms in total. The molecule has 2 aromatic rings. The van der Waals surface area contributed by atoms with Crippen molar-refractivity contribution in [2.45, 2.75) is 26.8 Å². The minimum absolute atomic E-state index is 0.111. The minimum atomic E-state index is -0.665. The van der Waals surface area contributed by atoms with Crippen LogP contribution in [0.15, 0.2) is 24.3 Å². The van der Waals surface area contributed by atoms with Crippen molar-refractivity contribution in [3.63, 3.8) is 0 Å². The molecule has 1 aromatic carbocycles. The van der Waals surface area contributed by atoms with Crippen molar-refractivity contribution in [1.82, 2.24) is 4.57 Å². The molecule has 0 spiro atoms. The van der Waals surface area contributed by atoms with Crippen molar-refractivity contribution >= 4 is 23.3 Å². The predicted octanol–water partition coefficient (Wildman–Crippen LogP) is 3.33. The Kier molecular flexibility index (Phi) is 6.45. The number of rotatable bonds is 8. The Morgan fingerprint density at radius 2 is 1.92 bits per heavy atom. The highest BCUT2D eigenvalue weighted by Gasteiger charge is 2.20. The SMILES string of the molecule is COC[C@@H](C)n1c(C)cc(C(=O)COc2ccc(Cl)cc2C(N)=O)c1C. The van der Waals surface area contributed by atoms with Crippen molar-refractivity contribution in [2.75, 3.05) is 20.3 Å². The monoisotopic (exact) mass is 378 g/mol. The van der Waals surface area contributed by atoms with Gasteiger partial charge >= 0.3 is 0 Å². The molecule has 2 rings (SSSR count). The van der Waals surface area contributed by atoms with Crippen LogP contribution in [0.1, 0.15) is 45.1 Å². The number of amides is 1. The van der Waals surface area contributed by atoms with Crippen LogP contribution in [-0.2, 0) is 4.74 Å². The average Bonchev–Trinajstić information content (AvgIpc) is 2.88. The molecule has 1 heterocycles. The Balaban J connectivity index is 2.19. The lowest BCUT2D eigenvalue weighted by atomic mass is 10.1. The molecule has 140 valence electrons. The number of ether oxygens (including phenoxy) is 2. The van der Waals surface area contributed by atoms with Crippen LogP contribution in [0.25, 0.3) is 0 Å². The number of Topliss-reactive ketones (excluding diaryl/α,β-unsaturated/α-hetero) is 1. The number of methoxy groups -OCH3 is 1. The summed E-state index contributed by atoms with van der Waals surface area (Å²) < 4.78 is 12.8. The molecule has 1 amide bonds. The van der Waals surface area contributed by atoms with Crippen LogP contribution in [0.5, 0.6) is 5.75 Å². The van der Waals surface area contributed by atoms with E-state index in [1.807, 2.05) is 26.8 Å². The van der Waals surface area contributed by atoms with Gasteiger partial charge in [0.1, 0.15) is 5.75 Å². The Bertz CT molecular complexity index is 829. The first-order chi connectivity index (χ1) is 12.3. The zero-order chi connectivity index (χ0) is 19.4.